The van der Waals surface area contributed by atoms with E-state index >= 15 is 0 Å². The number of carbonyl (C=O) groups is 1. The molecule has 1 aromatic rings. The summed E-state index contributed by atoms with van der Waals surface area (Å²) in [5.41, 5.74) is 4.06. The van der Waals surface area contributed by atoms with Crippen LogP contribution in [-0.2, 0) is 0 Å². The second-order valence-corrected chi connectivity index (χ2v) is 5.70. The molecule has 4 N–H and O–H groups in total. The molecular formula is C16H25N3O. The van der Waals surface area contributed by atoms with Crippen LogP contribution in [0.2, 0.25) is 0 Å². The fourth-order valence-corrected chi connectivity index (χ4v) is 2.99. The molecule has 0 atom stereocenters. The molecule has 110 valence electrons. The molecule has 0 saturated heterocycles. The highest BCUT2D eigenvalue weighted by Crippen LogP contribution is 2.27. The smallest absolute Gasteiger partial charge is 0.251 e. The zero-order valence-electron chi connectivity index (χ0n) is 12.2. The van der Waals surface area contributed by atoms with Crippen molar-refractivity contribution in [3.05, 3.63) is 29.8 Å². The second-order valence-electron chi connectivity index (χ2n) is 5.70. The Bertz CT molecular complexity index is 422. The van der Waals surface area contributed by atoms with Crippen LogP contribution in [0.3, 0.4) is 0 Å². The molecule has 2 rings (SSSR count). The van der Waals surface area contributed by atoms with E-state index in [2.05, 4.69) is 17.7 Å². The minimum absolute atomic E-state index is 0.0208. The number of hydrazine groups is 1. The predicted molar refractivity (Wildman–Crippen MR) is 82.4 cm³/mol. The Balaban J connectivity index is 1.82. The number of nitrogens with two attached hydrogens (primary N) is 1. The van der Waals surface area contributed by atoms with Gasteiger partial charge < -0.3 is 10.7 Å². The Morgan fingerprint density at radius 3 is 2.40 bits per heavy atom. The van der Waals surface area contributed by atoms with Crippen LogP contribution in [-0.4, -0.2) is 11.9 Å². The highest BCUT2D eigenvalue weighted by molar-refractivity contribution is 5.94. The van der Waals surface area contributed by atoms with Crippen molar-refractivity contribution in [2.75, 3.05) is 5.43 Å². The molecule has 1 fully saturated rings. The molecule has 0 spiro atoms. The molecule has 4 nitrogen and oxygen atoms in total. The van der Waals surface area contributed by atoms with E-state index in [0.717, 1.165) is 24.4 Å². The summed E-state index contributed by atoms with van der Waals surface area (Å²) in [7, 11) is 0. The molecule has 1 aromatic carbocycles. The number of benzene rings is 1. The van der Waals surface area contributed by atoms with Gasteiger partial charge in [0.05, 0.1) is 0 Å². The third kappa shape index (κ3) is 3.97. The molecule has 20 heavy (non-hydrogen) atoms. The lowest BCUT2D eigenvalue weighted by Gasteiger charge is -2.29. The second kappa shape index (κ2) is 7.29. The highest BCUT2D eigenvalue weighted by atomic mass is 16.1. The van der Waals surface area contributed by atoms with Gasteiger partial charge in [-0.2, -0.15) is 0 Å². The van der Waals surface area contributed by atoms with E-state index in [9.17, 15) is 4.79 Å². The Morgan fingerprint density at radius 2 is 1.85 bits per heavy atom. The fourth-order valence-electron chi connectivity index (χ4n) is 2.99. The van der Waals surface area contributed by atoms with Crippen LogP contribution < -0.4 is 16.6 Å². The van der Waals surface area contributed by atoms with Crippen molar-refractivity contribution in [2.24, 2.45) is 11.8 Å². The molecule has 0 heterocycles. The molecule has 1 aliphatic rings. The topological polar surface area (TPSA) is 67.2 Å². The minimum atomic E-state index is 0.0208. The van der Waals surface area contributed by atoms with E-state index in [4.69, 9.17) is 5.84 Å². The summed E-state index contributed by atoms with van der Waals surface area (Å²) in [6, 6.07) is 7.56. The van der Waals surface area contributed by atoms with Gasteiger partial charge in [0.2, 0.25) is 0 Å². The molecule has 0 unspecified atom stereocenters. The van der Waals surface area contributed by atoms with Crippen molar-refractivity contribution in [3.8, 4) is 0 Å². The van der Waals surface area contributed by atoms with Crippen molar-refractivity contribution in [2.45, 2.75) is 51.5 Å². The van der Waals surface area contributed by atoms with E-state index in [1.165, 1.54) is 25.7 Å². The predicted octanol–water partition coefficient (Wildman–Crippen LogP) is 3.06. The monoisotopic (exact) mass is 275 g/mol. The van der Waals surface area contributed by atoms with Crippen molar-refractivity contribution in [1.82, 2.24) is 5.32 Å². The Labute approximate surface area is 121 Å². The number of rotatable bonds is 5. The molecule has 0 radical (unpaired) electrons. The highest BCUT2D eigenvalue weighted by Gasteiger charge is 2.22. The molecule has 1 saturated carbocycles. The van der Waals surface area contributed by atoms with Crippen molar-refractivity contribution in [3.63, 3.8) is 0 Å². The number of amides is 1. The number of nitrogens with one attached hydrogen (secondary N) is 2. The summed E-state index contributed by atoms with van der Waals surface area (Å²) in [6.45, 7) is 2.24. The van der Waals surface area contributed by atoms with Gasteiger partial charge in [-0.3, -0.25) is 10.6 Å². The molecule has 4 heteroatoms. The fraction of sp³-hybridized carbons (Fsp3) is 0.562. The maximum Gasteiger partial charge on any atom is 0.251 e. The van der Waals surface area contributed by atoms with Gasteiger partial charge in [-0.15, -0.1) is 0 Å². The molecular weight excluding hydrogens is 250 g/mol. The van der Waals surface area contributed by atoms with Gasteiger partial charge in [0.25, 0.3) is 5.91 Å². The normalized spacial score (nSPS) is 22.3. The van der Waals surface area contributed by atoms with Gasteiger partial charge in [-0.25, -0.2) is 0 Å². The summed E-state index contributed by atoms with van der Waals surface area (Å²) in [5.74, 6) is 6.20. The summed E-state index contributed by atoms with van der Waals surface area (Å²) in [5, 5.41) is 3.14. The van der Waals surface area contributed by atoms with Crippen molar-refractivity contribution in [1.29, 1.82) is 0 Å². The number of hydrogen-bond donors (Lipinski definition) is 3. The van der Waals surface area contributed by atoms with Gasteiger partial charge in [0.1, 0.15) is 0 Å². The van der Waals surface area contributed by atoms with Crippen molar-refractivity contribution < 1.29 is 4.79 Å². The van der Waals surface area contributed by atoms with Gasteiger partial charge in [-0.1, -0.05) is 19.8 Å². The maximum absolute atomic E-state index is 12.2. The molecule has 1 aliphatic carbocycles. The van der Waals surface area contributed by atoms with Gasteiger partial charge in [0.15, 0.2) is 0 Å². The minimum Gasteiger partial charge on any atom is -0.349 e. The first-order valence-electron chi connectivity index (χ1n) is 7.60. The summed E-state index contributed by atoms with van der Waals surface area (Å²) in [6.07, 6.45) is 7.30. The van der Waals surface area contributed by atoms with Gasteiger partial charge in [-0.05, 0) is 55.9 Å². The average molecular weight is 275 g/mol. The van der Waals surface area contributed by atoms with Crippen LogP contribution in [0, 0.1) is 5.92 Å². The SMILES string of the molecule is CCCC1CCC(NC(=O)c2ccc(NN)cc2)CC1. The first-order chi connectivity index (χ1) is 9.72. The van der Waals surface area contributed by atoms with Gasteiger partial charge >= 0.3 is 0 Å². The van der Waals surface area contributed by atoms with Crippen LogP contribution in [0.5, 0.6) is 0 Å². The van der Waals surface area contributed by atoms with E-state index < -0.39 is 0 Å². The average Bonchev–Trinajstić information content (AvgIpc) is 2.49. The Hall–Kier alpha value is -1.55. The zero-order valence-corrected chi connectivity index (χ0v) is 12.2. The Morgan fingerprint density at radius 1 is 1.20 bits per heavy atom. The zero-order chi connectivity index (χ0) is 14.4. The first kappa shape index (κ1) is 14.9. The van der Waals surface area contributed by atoms with E-state index in [0.29, 0.717) is 11.6 Å². The van der Waals surface area contributed by atoms with E-state index in [1.54, 1.807) is 12.1 Å². The molecule has 0 aliphatic heterocycles. The van der Waals surface area contributed by atoms with E-state index in [-0.39, 0.29) is 5.91 Å². The van der Waals surface area contributed by atoms with Crippen LogP contribution in [0.4, 0.5) is 5.69 Å². The van der Waals surface area contributed by atoms with Crippen LogP contribution in [0.1, 0.15) is 55.8 Å². The summed E-state index contributed by atoms with van der Waals surface area (Å²) in [4.78, 5) is 12.2. The molecule has 1 amide bonds. The summed E-state index contributed by atoms with van der Waals surface area (Å²) < 4.78 is 0. The first-order valence-corrected chi connectivity index (χ1v) is 7.60. The lowest BCUT2D eigenvalue weighted by atomic mass is 9.83. The number of nitrogen functional groups attached to an aromatic ring is 1. The third-order valence-corrected chi connectivity index (χ3v) is 4.19. The standard InChI is InChI=1S/C16H25N3O/c1-2-3-12-4-8-14(9-5-12)18-16(20)13-6-10-15(19-17)11-7-13/h6-7,10-12,14,19H,2-5,8-9,17H2,1H3,(H,18,20). The number of carbonyl (C=O) groups excluding carboxylic acids is 1. The lowest BCUT2D eigenvalue weighted by Crippen LogP contribution is -2.37. The largest absolute Gasteiger partial charge is 0.349 e. The molecule has 0 bridgehead atoms. The Kier molecular flexibility index (Phi) is 5.41. The molecule has 0 aromatic heterocycles. The number of anilines is 1. The quantitative estimate of drug-likeness (QED) is 0.571. The summed E-state index contributed by atoms with van der Waals surface area (Å²) >= 11 is 0. The van der Waals surface area contributed by atoms with Crippen molar-refractivity contribution >= 4 is 11.6 Å². The van der Waals surface area contributed by atoms with Gasteiger partial charge in [0, 0.05) is 17.3 Å². The third-order valence-electron chi connectivity index (χ3n) is 4.19. The maximum atomic E-state index is 12.2. The van der Waals surface area contributed by atoms with Crippen LogP contribution in [0.25, 0.3) is 0 Å². The lowest BCUT2D eigenvalue weighted by molar-refractivity contribution is 0.0921. The number of hydrogen-bond acceptors (Lipinski definition) is 3. The van der Waals surface area contributed by atoms with Crippen LogP contribution >= 0.6 is 0 Å². The van der Waals surface area contributed by atoms with Crippen LogP contribution in [0.15, 0.2) is 24.3 Å². The van der Waals surface area contributed by atoms with E-state index in [1.807, 2.05) is 12.1 Å².